The number of fused-ring (bicyclic) bond motifs is 1. The molecule has 2 aromatic rings. The highest BCUT2D eigenvalue weighted by molar-refractivity contribution is 8.03. The van der Waals surface area contributed by atoms with Crippen molar-refractivity contribution in [2.75, 3.05) is 43.4 Å². The maximum Gasteiger partial charge on any atom is 0.0373 e. The van der Waals surface area contributed by atoms with Crippen LogP contribution in [0.25, 0.3) is 10.8 Å². The van der Waals surface area contributed by atoms with Crippen molar-refractivity contribution in [3.8, 4) is 0 Å². The quantitative estimate of drug-likeness (QED) is 0.476. The highest BCUT2D eigenvalue weighted by Gasteiger charge is 2.14. The summed E-state index contributed by atoms with van der Waals surface area (Å²) in [5.41, 5.74) is 1.38. The minimum atomic E-state index is 1.13. The largest absolute Gasteiger partial charge is 0.370 e. The van der Waals surface area contributed by atoms with Gasteiger partial charge in [-0.1, -0.05) is 48.6 Å². The summed E-state index contributed by atoms with van der Waals surface area (Å²) in [6, 6.07) is 15.7. The molecule has 2 aromatic carbocycles. The smallest absolute Gasteiger partial charge is 0.0373 e. The Morgan fingerprint density at radius 1 is 0.964 bits per heavy atom. The van der Waals surface area contributed by atoms with E-state index in [1.807, 2.05) is 0 Å². The zero-order valence-electron chi connectivity index (χ0n) is 16.9. The topological polar surface area (TPSA) is 6.48 Å². The van der Waals surface area contributed by atoms with Gasteiger partial charge in [0.1, 0.15) is 0 Å². The molecule has 2 aliphatic rings. The molecule has 2 nitrogen and oxygen atoms in total. The molecule has 0 saturated carbocycles. The van der Waals surface area contributed by atoms with E-state index in [1.54, 1.807) is 4.91 Å². The lowest BCUT2D eigenvalue weighted by atomic mass is 10.1. The molecule has 0 amide bonds. The number of benzene rings is 2. The molecular formula is C25H32N2S. The van der Waals surface area contributed by atoms with E-state index in [4.69, 9.17) is 0 Å². The van der Waals surface area contributed by atoms with Crippen LogP contribution in [0.3, 0.4) is 0 Å². The summed E-state index contributed by atoms with van der Waals surface area (Å²) in [5, 5.41) is 2.68. The van der Waals surface area contributed by atoms with Gasteiger partial charge in [0.15, 0.2) is 0 Å². The molecule has 0 aromatic heterocycles. The van der Waals surface area contributed by atoms with Gasteiger partial charge in [-0.15, -0.1) is 11.8 Å². The Balaban J connectivity index is 1.38. The first-order valence-corrected chi connectivity index (χ1v) is 11.8. The lowest BCUT2D eigenvalue weighted by Gasteiger charge is -2.28. The molecule has 0 N–H and O–H groups in total. The number of rotatable bonds is 9. The van der Waals surface area contributed by atoms with E-state index in [0.717, 1.165) is 13.1 Å². The SMILES string of the molecule is C1=CCCC(SCCCN(CCN2CCCC2)c2ccc3ccccc3c2)=C1. The molecule has 1 heterocycles. The van der Waals surface area contributed by atoms with Crippen molar-refractivity contribution in [2.24, 2.45) is 0 Å². The predicted molar refractivity (Wildman–Crippen MR) is 125 cm³/mol. The van der Waals surface area contributed by atoms with E-state index in [0.29, 0.717) is 0 Å². The maximum atomic E-state index is 2.63. The van der Waals surface area contributed by atoms with E-state index in [-0.39, 0.29) is 0 Å². The Morgan fingerprint density at radius 3 is 2.64 bits per heavy atom. The van der Waals surface area contributed by atoms with Gasteiger partial charge >= 0.3 is 0 Å². The minimum absolute atomic E-state index is 1.13. The van der Waals surface area contributed by atoms with Crippen LogP contribution >= 0.6 is 11.8 Å². The van der Waals surface area contributed by atoms with Crippen molar-refractivity contribution >= 4 is 28.2 Å². The van der Waals surface area contributed by atoms with Crippen LogP contribution in [0.2, 0.25) is 0 Å². The Hall–Kier alpha value is -1.71. The molecule has 148 valence electrons. The van der Waals surface area contributed by atoms with E-state index >= 15 is 0 Å². The van der Waals surface area contributed by atoms with Crippen LogP contribution in [0.1, 0.15) is 32.1 Å². The van der Waals surface area contributed by atoms with Crippen LogP contribution in [0.5, 0.6) is 0 Å². The molecule has 1 fully saturated rings. The fourth-order valence-corrected chi connectivity index (χ4v) is 5.14. The normalized spacial score (nSPS) is 17.2. The average Bonchev–Trinajstić information content (AvgIpc) is 3.27. The standard InChI is InChI=1S/C25H32N2S/c1-2-11-25(12-3-1)28-20-8-17-27(19-18-26-15-6-7-16-26)24-14-13-22-9-4-5-10-23(22)21-24/h1-2,4-5,9-11,13-14,21H,3,6-8,12,15-20H2. The maximum absolute atomic E-state index is 2.63. The fraction of sp³-hybridized carbons (Fsp3) is 0.440. The van der Waals surface area contributed by atoms with Gasteiger partial charge in [-0.2, -0.15) is 0 Å². The summed E-state index contributed by atoms with van der Waals surface area (Å²) >= 11 is 2.05. The fourth-order valence-electron chi connectivity index (χ4n) is 4.17. The second-order valence-electron chi connectivity index (χ2n) is 7.87. The van der Waals surface area contributed by atoms with Crippen LogP contribution in [0.4, 0.5) is 5.69 Å². The number of hydrogen-bond donors (Lipinski definition) is 0. The predicted octanol–water partition coefficient (Wildman–Crippen LogP) is 6.10. The van der Waals surface area contributed by atoms with Crippen molar-refractivity contribution in [3.05, 3.63) is 65.6 Å². The summed E-state index contributed by atoms with van der Waals surface area (Å²) in [4.78, 5) is 6.79. The van der Waals surface area contributed by atoms with Gasteiger partial charge in [0.05, 0.1) is 0 Å². The first-order valence-electron chi connectivity index (χ1n) is 10.8. The van der Waals surface area contributed by atoms with E-state index in [9.17, 15) is 0 Å². The molecule has 28 heavy (non-hydrogen) atoms. The monoisotopic (exact) mass is 392 g/mol. The summed E-state index contributed by atoms with van der Waals surface area (Å²) in [5.74, 6) is 1.22. The number of allylic oxidation sites excluding steroid dienone is 4. The van der Waals surface area contributed by atoms with Gasteiger partial charge in [0, 0.05) is 25.3 Å². The second kappa shape index (κ2) is 10.2. The summed E-state index contributed by atoms with van der Waals surface area (Å²) in [7, 11) is 0. The molecule has 0 radical (unpaired) electrons. The lowest BCUT2D eigenvalue weighted by molar-refractivity contribution is 0.344. The Kier molecular flexibility index (Phi) is 7.12. The van der Waals surface area contributed by atoms with Crippen molar-refractivity contribution in [3.63, 3.8) is 0 Å². The third-order valence-corrected chi connectivity index (χ3v) is 7.02. The molecule has 1 saturated heterocycles. The summed E-state index contributed by atoms with van der Waals surface area (Å²) in [6.07, 6.45) is 13.2. The third kappa shape index (κ3) is 5.42. The molecule has 0 atom stereocenters. The number of nitrogens with zero attached hydrogens (tertiary/aromatic N) is 2. The third-order valence-electron chi connectivity index (χ3n) is 5.82. The van der Waals surface area contributed by atoms with Crippen LogP contribution < -0.4 is 4.90 Å². The molecule has 4 rings (SSSR count). The van der Waals surface area contributed by atoms with Crippen LogP contribution in [-0.4, -0.2) is 43.4 Å². The molecule has 3 heteroatoms. The minimum Gasteiger partial charge on any atom is -0.370 e. The van der Waals surface area contributed by atoms with Gasteiger partial charge in [-0.05, 0) is 78.8 Å². The highest BCUT2D eigenvalue weighted by atomic mass is 32.2. The van der Waals surface area contributed by atoms with Gasteiger partial charge in [0.2, 0.25) is 0 Å². The number of likely N-dealkylation sites (tertiary alicyclic amines) is 1. The first kappa shape index (κ1) is 19.6. The second-order valence-corrected chi connectivity index (χ2v) is 9.09. The van der Waals surface area contributed by atoms with Gasteiger partial charge in [-0.25, -0.2) is 0 Å². The van der Waals surface area contributed by atoms with Gasteiger partial charge < -0.3 is 9.80 Å². The first-order chi connectivity index (χ1) is 13.9. The molecule has 1 aliphatic heterocycles. The highest BCUT2D eigenvalue weighted by Crippen LogP contribution is 2.26. The van der Waals surface area contributed by atoms with Crippen LogP contribution in [-0.2, 0) is 0 Å². The van der Waals surface area contributed by atoms with Crippen LogP contribution in [0, 0.1) is 0 Å². The summed E-state index contributed by atoms with van der Waals surface area (Å²) < 4.78 is 0. The van der Waals surface area contributed by atoms with Crippen molar-refractivity contribution < 1.29 is 0 Å². The average molecular weight is 393 g/mol. The Morgan fingerprint density at radius 2 is 1.82 bits per heavy atom. The lowest BCUT2D eigenvalue weighted by Crippen LogP contribution is -2.34. The number of anilines is 1. The van der Waals surface area contributed by atoms with E-state index < -0.39 is 0 Å². The Labute approximate surface area is 174 Å². The molecule has 0 unspecified atom stereocenters. The van der Waals surface area contributed by atoms with Gasteiger partial charge in [-0.3, -0.25) is 0 Å². The molecule has 1 aliphatic carbocycles. The summed E-state index contributed by atoms with van der Waals surface area (Å²) in [6.45, 7) is 6.03. The van der Waals surface area contributed by atoms with E-state index in [1.165, 1.54) is 74.0 Å². The van der Waals surface area contributed by atoms with Crippen molar-refractivity contribution in [1.29, 1.82) is 0 Å². The Bertz CT molecular complexity index is 820. The molecular weight excluding hydrogens is 360 g/mol. The number of hydrogen-bond acceptors (Lipinski definition) is 3. The zero-order chi connectivity index (χ0) is 19.0. The molecule has 0 bridgehead atoms. The molecule has 0 spiro atoms. The van der Waals surface area contributed by atoms with Crippen molar-refractivity contribution in [1.82, 2.24) is 4.90 Å². The van der Waals surface area contributed by atoms with Crippen molar-refractivity contribution in [2.45, 2.75) is 32.1 Å². The zero-order valence-corrected chi connectivity index (χ0v) is 17.7. The van der Waals surface area contributed by atoms with Gasteiger partial charge in [0.25, 0.3) is 0 Å². The van der Waals surface area contributed by atoms with E-state index in [2.05, 4.69) is 82.3 Å². The number of thioether (sulfide) groups is 1. The van der Waals surface area contributed by atoms with Crippen LogP contribution in [0.15, 0.2) is 65.6 Å².